The fraction of sp³-hybridized carbons (Fsp3) is 0.286. The van der Waals surface area contributed by atoms with Gasteiger partial charge < -0.3 is 5.32 Å². The lowest BCUT2D eigenvalue weighted by Crippen LogP contribution is -2.13. The number of para-hydroxylation sites is 1. The van der Waals surface area contributed by atoms with Gasteiger partial charge in [-0.05, 0) is 48.9 Å². The van der Waals surface area contributed by atoms with Crippen LogP contribution < -0.4 is 5.32 Å². The molecule has 3 heterocycles. The highest BCUT2D eigenvalue weighted by molar-refractivity contribution is 7.23. The van der Waals surface area contributed by atoms with Crippen LogP contribution in [0.15, 0.2) is 36.5 Å². The van der Waals surface area contributed by atoms with Gasteiger partial charge in [-0.15, -0.1) is 22.7 Å². The van der Waals surface area contributed by atoms with E-state index in [9.17, 15) is 4.79 Å². The van der Waals surface area contributed by atoms with Crippen molar-refractivity contribution in [2.45, 2.75) is 26.2 Å². The van der Waals surface area contributed by atoms with Crippen LogP contribution in [0.1, 0.15) is 34.3 Å². The maximum atomic E-state index is 12.8. The van der Waals surface area contributed by atoms with E-state index in [0.29, 0.717) is 11.6 Å². The number of hydrogen-bond acceptors (Lipinski definition) is 5. The highest BCUT2D eigenvalue weighted by Crippen LogP contribution is 2.47. The molecule has 0 aliphatic heterocycles. The van der Waals surface area contributed by atoms with Crippen LogP contribution >= 0.6 is 22.7 Å². The summed E-state index contributed by atoms with van der Waals surface area (Å²) in [6.07, 6.45) is 5.06. The van der Waals surface area contributed by atoms with E-state index in [-0.39, 0.29) is 5.91 Å². The first kappa shape index (κ1) is 17.6. The van der Waals surface area contributed by atoms with Crippen molar-refractivity contribution in [3.05, 3.63) is 52.7 Å². The summed E-state index contributed by atoms with van der Waals surface area (Å²) in [6.45, 7) is 2.30. The summed E-state index contributed by atoms with van der Waals surface area (Å²) in [5.41, 5.74) is 3.90. The summed E-state index contributed by atoms with van der Waals surface area (Å²) in [6, 6.07) is 9.94. The topological polar surface area (TPSA) is 59.8 Å². The maximum absolute atomic E-state index is 12.8. The molecule has 5 nitrogen and oxygen atoms in total. The molecule has 0 fully saturated rings. The summed E-state index contributed by atoms with van der Waals surface area (Å²) < 4.78 is 2.81. The smallest absolute Gasteiger partial charge is 0.276 e. The Morgan fingerprint density at radius 1 is 1.25 bits per heavy atom. The summed E-state index contributed by atoms with van der Waals surface area (Å²) in [5.74, 6) is 0.503. The zero-order valence-corrected chi connectivity index (χ0v) is 17.4. The second kappa shape index (κ2) is 6.83. The first-order chi connectivity index (χ1) is 13.6. The van der Waals surface area contributed by atoms with Crippen molar-refractivity contribution < 1.29 is 4.79 Å². The van der Waals surface area contributed by atoms with Crippen LogP contribution in [0, 0.1) is 5.92 Å². The number of rotatable bonds is 3. The molecule has 1 aliphatic rings. The lowest BCUT2D eigenvalue weighted by molar-refractivity contribution is 0.102. The zero-order chi connectivity index (χ0) is 19.3. The van der Waals surface area contributed by atoms with Gasteiger partial charge in [-0.1, -0.05) is 19.1 Å². The molecule has 3 aromatic heterocycles. The quantitative estimate of drug-likeness (QED) is 0.511. The lowest BCUT2D eigenvalue weighted by Gasteiger charge is -2.18. The van der Waals surface area contributed by atoms with Gasteiger partial charge in [0, 0.05) is 23.7 Å². The second-order valence-corrected chi connectivity index (χ2v) is 9.51. The minimum Gasteiger partial charge on any atom is -0.312 e. The summed E-state index contributed by atoms with van der Waals surface area (Å²) >= 11 is 3.39. The van der Waals surface area contributed by atoms with Gasteiger partial charge in [0.25, 0.3) is 5.91 Å². The monoisotopic (exact) mass is 408 g/mol. The number of hydrogen-bond donors (Lipinski definition) is 1. The Hall–Kier alpha value is -2.51. The molecular weight excluding hydrogens is 388 g/mol. The molecule has 28 heavy (non-hydrogen) atoms. The number of nitrogens with one attached hydrogen (secondary N) is 1. The number of amides is 1. The predicted molar refractivity (Wildman–Crippen MR) is 115 cm³/mol. The number of nitrogens with zero attached hydrogens (tertiary/aromatic N) is 3. The maximum Gasteiger partial charge on any atom is 0.276 e. The molecule has 1 amide bonds. The van der Waals surface area contributed by atoms with Crippen LogP contribution in [-0.2, 0) is 19.9 Å². The number of benzene rings is 1. The second-order valence-electron chi connectivity index (χ2n) is 7.37. The van der Waals surface area contributed by atoms with Gasteiger partial charge in [-0.2, -0.15) is 5.10 Å². The van der Waals surface area contributed by atoms with Crippen LogP contribution in [0.2, 0.25) is 0 Å². The van der Waals surface area contributed by atoms with Crippen molar-refractivity contribution in [3.8, 4) is 10.6 Å². The van der Waals surface area contributed by atoms with Crippen molar-refractivity contribution in [3.63, 3.8) is 0 Å². The number of carbonyl (C=O) groups excluding carboxylic acids is 1. The summed E-state index contributed by atoms with van der Waals surface area (Å²) in [4.78, 5) is 19.0. The third-order valence-electron chi connectivity index (χ3n) is 5.19. The predicted octanol–water partition coefficient (Wildman–Crippen LogP) is 5.14. The molecule has 7 heteroatoms. The molecule has 0 saturated carbocycles. The average Bonchev–Trinajstić information content (AvgIpc) is 3.36. The molecule has 0 radical (unpaired) electrons. The van der Waals surface area contributed by atoms with Crippen molar-refractivity contribution in [1.82, 2.24) is 14.8 Å². The van der Waals surface area contributed by atoms with E-state index in [0.717, 1.165) is 33.9 Å². The molecule has 4 aromatic rings. The van der Waals surface area contributed by atoms with Gasteiger partial charge in [0.05, 0.1) is 10.2 Å². The average molecular weight is 409 g/mol. The highest BCUT2D eigenvalue weighted by Gasteiger charge is 2.27. The molecule has 0 bridgehead atoms. The Morgan fingerprint density at radius 2 is 2.11 bits per heavy atom. The zero-order valence-electron chi connectivity index (χ0n) is 15.7. The van der Waals surface area contributed by atoms with Crippen LogP contribution in [0.3, 0.4) is 0 Å². The Morgan fingerprint density at radius 3 is 2.89 bits per heavy atom. The van der Waals surface area contributed by atoms with Crippen molar-refractivity contribution in [2.75, 3.05) is 5.32 Å². The van der Waals surface area contributed by atoms with Crippen molar-refractivity contribution in [1.29, 1.82) is 0 Å². The van der Waals surface area contributed by atoms with E-state index in [4.69, 9.17) is 4.98 Å². The molecule has 0 spiro atoms. The molecule has 0 saturated heterocycles. The highest BCUT2D eigenvalue weighted by atomic mass is 32.1. The van der Waals surface area contributed by atoms with Gasteiger partial charge >= 0.3 is 0 Å². The minimum atomic E-state index is -0.172. The summed E-state index contributed by atoms with van der Waals surface area (Å²) in [7, 11) is 1.81. The van der Waals surface area contributed by atoms with E-state index in [2.05, 4.69) is 23.4 Å². The molecule has 1 atom stereocenters. The SMILES string of the molecule is CC1CCc2c(sc(NC(=O)c3ccn(C)n3)c2-c2nc3ccccc3s2)C1. The van der Waals surface area contributed by atoms with E-state index >= 15 is 0 Å². The number of carbonyl (C=O) groups is 1. The fourth-order valence-electron chi connectivity index (χ4n) is 3.75. The van der Waals surface area contributed by atoms with Gasteiger partial charge in [-0.25, -0.2) is 4.98 Å². The fourth-order valence-corrected chi connectivity index (χ4v) is 6.26. The van der Waals surface area contributed by atoms with Crippen LogP contribution in [0.5, 0.6) is 0 Å². The van der Waals surface area contributed by atoms with Crippen molar-refractivity contribution in [2.24, 2.45) is 13.0 Å². The van der Waals surface area contributed by atoms with Crippen LogP contribution in [0.25, 0.3) is 20.8 Å². The number of anilines is 1. The number of aromatic nitrogens is 3. The molecule has 1 aromatic carbocycles. The number of fused-ring (bicyclic) bond motifs is 2. The lowest BCUT2D eigenvalue weighted by atomic mass is 9.88. The third-order valence-corrected chi connectivity index (χ3v) is 7.42. The molecule has 142 valence electrons. The number of aryl methyl sites for hydroxylation is 1. The summed E-state index contributed by atoms with van der Waals surface area (Å²) in [5, 5.41) is 9.25. The molecule has 1 N–H and O–H groups in total. The van der Waals surface area contributed by atoms with Gasteiger partial charge in [0.15, 0.2) is 5.69 Å². The molecule has 1 aliphatic carbocycles. The standard InChI is InChI=1S/C21H20N4OS2/c1-12-7-8-13-17(11-12)28-21(23-19(26)15-9-10-25(2)24-15)18(13)20-22-14-5-3-4-6-16(14)27-20/h3-6,9-10,12H,7-8,11H2,1-2H3,(H,23,26). The van der Waals surface area contributed by atoms with Gasteiger partial charge in [-0.3, -0.25) is 9.48 Å². The number of thiophene rings is 1. The van der Waals surface area contributed by atoms with Gasteiger partial charge in [0.1, 0.15) is 10.0 Å². The van der Waals surface area contributed by atoms with E-state index < -0.39 is 0 Å². The van der Waals surface area contributed by atoms with E-state index in [1.54, 1.807) is 39.6 Å². The Balaban J connectivity index is 1.60. The number of thiazole rings is 1. The van der Waals surface area contributed by atoms with Crippen LogP contribution in [-0.4, -0.2) is 20.7 Å². The first-order valence-electron chi connectivity index (χ1n) is 9.40. The molecule has 5 rings (SSSR count). The molecular formula is C21H20N4OS2. The normalized spacial score (nSPS) is 16.3. The Bertz CT molecular complexity index is 1150. The first-order valence-corrected chi connectivity index (χ1v) is 11.0. The largest absolute Gasteiger partial charge is 0.312 e. The third kappa shape index (κ3) is 3.04. The Labute approximate surface area is 171 Å². The molecule has 1 unspecified atom stereocenters. The minimum absolute atomic E-state index is 0.172. The van der Waals surface area contributed by atoms with E-state index in [1.165, 1.54) is 21.6 Å². The van der Waals surface area contributed by atoms with E-state index in [1.807, 2.05) is 25.2 Å². The van der Waals surface area contributed by atoms with Gasteiger partial charge in [0.2, 0.25) is 0 Å². The Kier molecular flexibility index (Phi) is 4.29. The van der Waals surface area contributed by atoms with Crippen LogP contribution in [0.4, 0.5) is 5.00 Å². The van der Waals surface area contributed by atoms with Crippen molar-refractivity contribution >= 4 is 43.8 Å².